The minimum Gasteiger partial charge on any atom is -0.337 e. The zero-order valence-corrected chi connectivity index (χ0v) is 15.5. The average molecular weight is 385 g/mol. The van der Waals surface area contributed by atoms with Crippen molar-refractivity contribution in [1.82, 2.24) is 15.5 Å². The Morgan fingerprint density at radius 1 is 1.07 bits per heavy atom. The Labute approximate surface area is 163 Å². The van der Waals surface area contributed by atoms with Crippen LogP contribution in [-0.4, -0.2) is 16.0 Å². The quantitative estimate of drug-likeness (QED) is 0.703. The van der Waals surface area contributed by atoms with E-state index in [0.717, 1.165) is 24.8 Å². The van der Waals surface area contributed by atoms with Crippen molar-refractivity contribution in [2.75, 3.05) is 0 Å². The summed E-state index contributed by atoms with van der Waals surface area (Å²) in [7, 11) is 0. The van der Waals surface area contributed by atoms with Gasteiger partial charge in [0.1, 0.15) is 6.04 Å². The summed E-state index contributed by atoms with van der Waals surface area (Å²) >= 11 is 0. The molecule has 1 fully saturated rings. The number of nitrogens with one attached hydrogen (secondary N) is 1. The zero-order valence-electron chi connectivity index (χ0n) is 14.7. The van der Waals surface area contributed by atoms with Crippen LogP contribution in [-0.2, 0) is 5.54 Å². The minimum atomic E-state index is -0.533. The van der Waals surface area contributed by atoms with Crippen molar-refractivity contribution in [3.63, 3.8) is 0 Å². The first kappa shape index (κ1) is 19.1. The van der Waals surface area contributed by atoms with Crippen molar-refractivity contribution < 1.29 is 9.32 Å². The first-order chi connectivity index (χ1) is 12.7. The molecule has 0 bridgehead atoms. The van der Waals surface area contributed by atoms with Gasteiger partial charge in [0.25, 0.3) is 11.8 Å². The largest absolute Gasteiger partial charge is 0.337 e. The van der Waals surface area contributed by atoms with Gasteiger partial charge in [-0.1, -0.05) is 53.7 Å². The topological polar surface area (TPSA) is 94.0 Å². The number of benzene rings is 2. The summed E-state index contributed by atoms with van der Waals surface area (Å²) in [4.78, 5) is 17.2. The Bertz CT molecular complexity index is 895. The molecular weight excluding hydrogens is 364 g/mol. The Balaban J connectivity index is 0.00000210. The number of nitrogens with zero attached hydrogens (tertiary/aromatic N) is 2. The van der Waals surface area contributed by atoms with Gasteiger partial charge in [0.2, 0.25) is 0 Å². The van der Waals surface area contributed by atoms with Crippen molar-refractivity contribution in [1.29, 1.82) is 0 Å². The Kier molecular flexibility index (Phi) is 5.58. The van der Waals surface area contributed by atoms with E-state index in [2.05, 4.69) is 15.5 Å². The molecule has 6 nitrogen and oxygen atoms in total. The highest BCUT2D eigenvalue weighted by Crippen LogP contribution is 2.37. The van der Waals surface area contributed by atoms with Crippen molar-refractivity contribution in [2.24, 2.45) is 5.73 Å². The molecule has 3 aromatic rings. The molecule has 1 heterocycles. The van der Waals surface area contributed by atoms with Crippen LogP contribution in [0.5, 0.6) is 0 Å². The summed E-state index contributed by atoms with van der Waals surface area (Å²) < 4.78 is 5.48. The van der Waals surface area contributed by atoms with E-state index in [1.807, 2.05) is 48.5 Å². The molecule has 0 spiro atoms. The molecule has 4 rings (SSSR count). The number of hydrogen-bond donors (Lipinski definition) is 2. The highest BCUT2D eigenvalue weighted by molar-refractivity contribution is 5.94. The lowest BCUT2D eigenvalue weighted by atomic mass is 9.77. The molecule has 140 valence electrons. The second kappa shape index (κ2) is 7.90. The molecule has 27 heavy (non-hydrogen) atoms. The van der Waals surface area contributed by atoms with Gasteiger partial charge in [-0.2, -0.15) is 4.98 Å². The molecule has 0 radical (unpaired) electrons. The van der Waals surface area contributed by atoms with Crippen LogP contribution < -0.4 is 11.1 Å². The number of nitrogens with two attached hydrogens (primary N) is 1. The fourth-order valence-corrected chi connectivity index (χ4v) is 3.07. The third-order valence-corrected chi connectivity index (χ3v) is 4.82. The van der Waals surface area contributed by atoms with Crippen molar-refractivity contribution >= 4 is 18.3 Å². The molecule has 1 aromatic heterocycles. The molecule has 1 atom stereocenters. The molecule has 0 aliphatic heterocycles. The van der Waals surface area contributed by atoms with Gasteiger partial charge in [0, 0.05) is 5.56 Å². The lowest BCUT2D eigenvalue weighted by Crippen LogP contribution is -2.44. The number of amides is 1. The monoisotopic (exact) mass is 384 g/mol. The van der Waals surface area contributed by atoms with Crippen LogP contribution in [0.3, 0.4) is 0 Å². The number of rotatable bonds is 5. The molecule has 1 aliphatic rings. The van der Waals surface area contributed by atoms with E-state index in [4.69, 9.17) is 10.3 Å². The number of carbonyl (C=O) groups is 1. The summed E-state index contributed by atoms with van der Waals surface area (Å²) in [5.41, 5.74) is 7.23. The molecule has 0 saturated heterocycles. The molecule has 1 saturated carbocycles. The van der Waals surface area contributed by atoms with Gasteiger partial charge in [-0.25, -0.2) is 0 Å². The molecule has 1 amide bonds. The summed E-state index contributed by atoms with van der Waals surface area (Å²) in [6, 6.07) is 18.1. The maximum absolute atomic E-state index is 12.6. The van der Waals surface area contributed by atoms with Crippen molar-refractivity contribution in [3.05, 3.63) is 83.5 Å². The SMILES string of the molecule is Cl.NC1(c2noc(C(NC(=O)c3ccccc3)c3ccccc3)n2)CCC1. The summed E-state index contributed by atoms with van der Waals surface area (Å²) in [6.45, 7) is 0. The molecular formula is C20H21ClN4O2. The van der Waals surface area contributed by atoms with Crippen LogP contribution in [0.15, 0.2) is 65.2 Å². The van der Waals surface area contributed by atoms with E-state index < -0.39 is 11.6 Å². The van der Waals surface area contributed by atoms with Gasteiger partial charge < -0.3 is 15.6 Å². The third kappa shape index (κ3) is 3.86. The Morgan fingerprint density at radius 3 is 2.30 bits per heavy atom. The van der Waals surface area contributed by atoms with Gasteiger partial charge >= 0.3 is 0 Å². The first-order valence-corrected chi connectivity index (χ1v) is 8.69. The standard InChI is InChI=1S/C20H20N4O2.ClH/c21-20(12-7-13-20)19-23-18(26-24-19)16(14-8-3-1-4-9-14)22-17(25)15-10-5-2-6-11-15;/h1-6,8-11,16H,7,12-13,21H2,(H,22,25);1H. The molecule has 2 aromatic carbocycles. The lowest BCUT2D eigenvalue weighted by Gasteiger charge is -2.34. The van der Waals surface area contributed by atoms with E-state index in [1.54, 1.807) is 12.1 Å². The highest BCUT2D eigenvalue weighted by Gasteiger charge is 2.39. The van der Waals surface area contributed by atoms with Crippen LogP contribution in [0.1, 0.15) is 52.9 Å². The minimum absolute atomic E-state index is 0. The predicted octanol–water partition coefficient (Wildman–Crippen LogP) is 3.35. The van der Waals surface area contributed by atoms with E-state index in [1.165, 1.54) is 0 Å². The maximum Gasteiger partial charge on any atom is 0.253 e. The maximum atomic E-state index is 12.6. The Morgan fingerprint density at radius 2 is 1.70 bits per heavy atom. The van der Waals surface area contributed by atoms with Crippen LogP contribution in [0.2, 0.25) is 0 Å². The van der Waals surface area contributed by atoms with Crippen LogP contribution in [0.25, 0.3) is 0 Å². The normalized spacial score (nSPS) is 15.9. The van der Waals surface area contributed by atoms with E-state index >= 15 is 0 Å². The summed E-state index contributed by atoms with van der Waals surface area (Å²) in [5, 5.41) is 7.06. The van der Waals surface area contributed by atoms with E-state index in [9.17, 15) is 4.79 Å². The van der Waals surface area contributed by atoms with Crippen molar-refractivity contribution in [3.8, 4) is 0 Å². The van der Waals surface area contributed by atoms with Gasteiger partial charge in [0.05, 0.1) is 5.54 Å². The van der Waals surface area contributed by atoms with E-state index in [0.29, 0.717) is 17.3 Å². The zero-order chi connectivity index (χ0) is 18.0. The third-order valence-electron chi connectivity index (χ3n) is 4.82. The van der Waals surface area contributed by atoms with Gasteiger partial charge in [-0.3, -0.25) is 4.79 Å². The van der Waals surface area contributed by atoms with Crippen LogP contribution in [0, 0.1) is 0 Å². The Hall–Kier alpha value is -2.70. The summed E-state index contributed by atoms with van der Waals surface area (Å²) in [6.07, 6.45) is 2.75. The first-order valence-electron chi connectivity index (χ1n) is 8.69. The van der Waals surface area contributed by atoms with Crippen LogP contribution in [0.4, 0.5) is 0 Å². The fraction of sp³-hybridized carbons (Fsp3) is 0.250. The van der Waals surface area contributed by atoms with Gasteiger partial charge in [0.15, 0.2) is 5.82 Å². The smallest absolute Gasteiger partial charge is 0.253 e. The number of aromatic nitrogens is 2. The molecule has 1 aliphatic carbocycles. The highest BCUT2D eigenvalue weighted by atomic mass is 35.5. The molecule has 1 unspecified atom stereocenters. The second-order valence-corrected chi connectivity index (χ2v) is 6.65. The number of halogens is 1. The number of carbonyl (C=O) groups excluding carboxylic acids is 1. The van der Waals surface area contributed by atoms with E-state index in [-0.39, 0.29) is 18.3 Å². The van der Waals surface area contributed by atoms with Gasteiger partial charge in [-0.05, 0) is 37.0 Å². The fourth-order valence-electron chi connectivity index (χ4n) is 3.07. The van der Waals surface area contributed by atoms with Gasteiger partial charge in [-0.15, -0.1) is 12.4 Å². The average Bonchev–Trinajstić information content (AvgIpc) is 3.15. The summed E-state index contributed by atoms with van der Waals surface area (Å²) in [5.74, 6) is 0.645. The predicted molar refractivity (Wildman–Crippen MR) is 103 cm³/mol. The molecule has 7 heteroatoms. The van der Waals surface area contributed by atoms with Crippen LogP contribution >= 0.6 is 12.4 Å². The number of hydrogen-bond acceptors (Lipinski definition) is 5. The second-order valence-electron chi connectivity index (χ2n) is 6.65. The van der Waals surface area contributed by atoms with Crippen molar-refractivity contribution in [2.45, 2.75) is 30.8 Å². The molecule has 3 N–H and O–H groups in total. The lowest BCUT2D eigenvalue weighted by molar-refractivity contribution is 0.0936.